The number of carboxylic acids is 1. The monoisotopic (exact) mass is 297 g/mol. The van der Waals surface area contributed by atoms with E-state index in [1.54, 1.807) is 12.1 Å². The minimum Gasteiger partial charge on any atom is -0.481 e. The van der Waals surface area contributed by atoms with Gasteiger partial charge in [-0.3, -0.25) is 9.20 Å². The number of hydrogen-bond donors (Lipinski definition) is 1. The van der Waals surface area contributed by atoms with Crippen LogP contribution >= 0.6 is 11.3 Å². The molecule has 3 rings (SSSR count). The number of aliphatic carboxylic acids is 1. The second kappa shape index (κ2) is 5.38. The highest BCUT2D eigenvalue weighted by atomic mass is 32.1. The number of thiazole rings is 1. The maximum atomic E-state index is 10.7. The molecule has 0 bridgehead atoms. The lowest BCUT2D eigenvalue weighted by Crippen LogP contribution is -1.99. The third-order valence-electron chi connectivity index (χ3n) is 3.19. The predicted molar refractivity (Wildman–Crippen MR) is 79.2 cm³/mol. The molecule has 6 heteroatoms. The number of hydrogen-bond acceptors (Lipinski definition) is 4. The number of rotatable bonds is 4. The summed E-state index contributed by atoms with van der Waals surface area (Å²) < 4.78 is 1.93. The molecule has 1 N–H and O–H groups in total. The second-order valence-corrected chi connectivity index (χ2v) is 5.43. The largest absolute Gasteiger partial charge is 0.481 e. The smallest absolute Gasteiger partial charge is 0.303 e. The van der Waals surface area contributed by atoms with E-state index in [4.69, 9.17) is 10.4 Å². The van der Waals surface area contributed by atoms with Crippen molar-refractivity contribution in [3.63, 3.8) is 0 Å². The molecule has 0 radical (unpaired) electrons. The van der Waals surface area contributed by atoms with E-state index in [0.717, 1.165) is 21.9 Å². The molecule has 21 heavy (non-hydrogen) atoms. The molecule has 5 nitrogen and oxygen atoms in total. The lowest BCUT2D eigenvalue weighted by atomic mass is 10.1. The van der Waals surface area contributed by atoms with Crippen LogP contribution in [0.5, 0.6) is 0 Å². The number of carboxylic acid groups (broad SMARTS) is 1. The molecule has 2 aromatic heterocycles. The fourth-order valence-corrected chi connectivity index (χ4v) is 3.01. The zero-order valence-electron chi connectivity index (χ0n) is 11.0. The summed E-state index contributed by atoms with van der Waals surface area (Å²) in [5.74, 6) is -0.804. The molecule has 0 atom stereocenters. The average Bonchev–Trinajstić information content (AvgIpc) is 3.06. The highest BCUT2D eigenvalue weighted by molar-refractivity contribution is 7.15. The van der Waals surface area contributed by atoms with Crippen LogP contribution in [0, 0.1) is 11.3 Å². The summed E-state index contributed by atoms with van der Waals surface area (Å²) in [6.45, 7) is 0. The second-order valence-electron chi connectivity index (χ2n) is 4.59. The van der Waals surface area contributed by atoms with E-state index in [-0.39, 0.29) is 6.42 Å². The van der Waals surface area contributed by atoms with Gasteiger partial charge in [0.2, 0.25) is 0 Å². The number of nitrogens with zero attached hydrogens (tertiary/aromatic N) is 3. The van der Waals surface area contributed by atoms with E-state index in [1.165, 1.54) is 11.3 Å². The van der Waals surface area contributed by atoms with Crippen molar-refractivity contribution in [2.75, 3.05) is 0 Å². The zero-order chi connectivity index (χ0) is 14.8. The highest BCUT2D eigenvalue weighted by Crippen LogP contribution is 2.24. The fourth-order valence-electron chi connectivity index (χ4n) is 2.10. The Bertz CT molecular complexity index is 840. The Balaban J connectivity index is 1.93. The summed E-state index contributed by atoms with van der Waals surface area (Å²) in [5, 5.41) is 19.5. The van der Waals surface area contributed by atoms with Gasteiger partial charge in [0.1, 0.15) is 0 Å². The Morgan fingerprint density at radius 3 is 2.81 bits per heavy atom. The molecule has 0 fully saturated rings. The normalized spacial score (nSPS) is 10.6. The van der Waals surface area contributed by atoms with E-state index < -0.39 is 5.97 Å². The summed E-state index contributed by atoms with van der Waals surface area (Å²) in [6, 6.07) is 9.33. The van der Waals surface area contributed by atoms with Crippen LogP contribution < -0.4 is 0 Å². The summed E-state index contributed by atoms with van der Waals surface area (Å²) >= 11 is 1.50. The van der Waals surface area contributed by atoms with Gasteiger partial charge in [-0.2, -0.15) is 5.26 Å². The van der Waals surface area contributed by atoms with Crippen LogP contribution in [0.15, 0.2) is 35.8 Å². The van der Waals surface area contributed by atoms with Gasteiger partial charge in [-0.15, -0.1) is 11.3 Å². The maximum Gasteiger partial charge on any atom is 0.303 e. The molecule has 3 aromatic rings. The van der Waals surface area contributed by atoms with Gasteiger partial charge in [0.15, 0.2) is 4.96 Å². The first-order valence-electron chi connectivity index (χ1n) is 6.35. The Morgan fingerprint density at radius 2 is 2.14 bits per heavy atom. The Morgan fingerprint density at radius 1 is 1.38 bits per heavy atom. The van der Waals surface area contributed by atoms with Gasteiger partial charge in [-0.25, -0.2) is 4.98 Å². The molecular formula is C15H11N3O2S. The van der Waals surface area contributed by atoms with Crippen molar-refractivity contribution in [1.29, 1.82) is 5.26 Å². The van der Waals surface area contributed by atoms with Crippen molar-refractivity contribution >= 4 is 22.3 Å². The first-order chi connectivity index (χ1) is 10.2. The number of carbonyl (C=O) groups is 1. The molecule has 0 aliphatic carbocycles. The molecule has 0 unspecified atom stereocenters. The van der Waals surface area contributed by atoms with E-state index in [1.807, 2.05) is 28.1 Å². The molecule has 0 aliphatic rings. The van der Waals surface area contributed by atoms with Gasteiger partial charge < -0.3 is 5.11 Å². The van der Waals surface area contributed by atoms with Gasteiger partial charge in [0, 0.05) is 22.8 Å². The lowest BCUT2D eigenvalue weighted by molar-refractivity contribution is -0.136. The summed E-state index contributed by atoms with van der Waals surface area (Å²) in [7, 11) is 0. The minimum absolute atomic E-state index is 0.107. The van der Waals surface area contributed by atoms with Crippen molar-refractivity contribution in [3.05, 3.63) is 47.1 Å². The van der Waals surface area contributed by atoms with Crippen molar-refractivity contribution in [2.45, 2.75) is 12.8 Å². The van der Waals surface area contributed by atoms with E-state index in [2.05, 4.69) is 11.1 Å². The van der Waals surface area contributed by atoms with Crippen LogP contribution in [-0.2, 0) is 11.2 Å². The highest BCUT2D eigenvalue weighted by Gasteiger charge is 2.10. The lowest BCUT2D eigenvalue weighted by Gasteiger charge is -1.97. The first-order valence-corrected chi connectivity index (χ1v) is 7.23. The van der Waals surface area contributed by atoms with Gasteiger partial charge >= 0.3 is 5.97 Å². The molecule has 1 aromatic carbocycles. The van der Waals surface area contributed by atoms with Crippen LogP contribution in [0.2, 0.25) is 0 Å². The van der Waals surface area contributed by atoms with Crippen molar-refractivity contribution in [3.8, 4) is 17.3 Å². The van der Waals surface area contributed by atoms with E-state index in [9.17, 15) is 4.79 Å². The molecule has 0 saturated heterocycles. The van der Waals surface area contributed by atoms with E-state index in [0.29, 0.717) is 12.0 Å². The molecule has 0 aliphatic heterocycles. The number of aryl methyl sites for hydroxylation is 1. The molecule has 0 spiro atoms. The third kappa shape index (κ3) is 2.64. The van der Waals surface area contributed by atoms with Crippen LogP contribution in [0.3, 0.4) is 0 Å². The maximum absolute atomic E-state index is 10.7. The van der Waals surface area contributed by atoms with Crippen LogP contribution in [0.4, 0.5) is 0 Å². The summed E-state index contributed by atoms with van der Waals surface area (Å²) in [4.78, 5) is 16.0. The molecule has 2 heterocycles. The molecule has 0 amide bonds. The number of nitriles is 1. The average molecular weight is 297 g/mol. The third-order valence-corrected chi connectivity index (χ3v) is 4.08. The van der Waals surface area contributed by atoms with Gasteiger partial charge in [0.05, 0.1) is 23.7 Å². The summed E-state index contributed by atoms with van der Waals surface area (Å²) in [5.41, 5.74) is 3.32. The first kappa shape index (κ1) is 13.3. The zero-order valence-corrected chi connectivity index (χ0v) is 11.8. The minimum atomic E-state index is -0.804. The Hall–Kier alpha value is -2.65. The quantitative estimate of drug-likeness (QED) is 0.803. The number of benzene rings is 1. The predicted octanol–water partition coefficient (Wildman–Crippen LogP) is 2.95. The molecule has 0 saturated carbocycles. The number of fused-ring (bicyclic) bond motifs is 1. The SMILES string of the molecule is N#Cc1ccc(-c2cn3c(CCC(=O)O)csc3n2)cc1. The standard InChI is InChI=1S/C15H11N3O2S/c16-7-10-1-3-11(4-2-10)13-8-18-12(5-6-14(19)20)9-21-15(18)17-13/h1-4,8-9H,5-6H2,(H,19,20). The van der Waals surface area contributed by atoms with Crippen molar-refractivity contribution in [2.24, 2.45) is 0 Å². The van der Waals surface area contributed by atoms with Crippen molar-refractivity contribution < 1.29 is 9.90 Å². The Labute approximate surface area is 124 Å². The number of aromatic nitrogens is 2. The van der Waals surface area contributed by atoms with Crippen LogP contribution in [0.1, 0.15) is 17.7 Å². The van der Waals surface area contributed by atoms with Crippen molar-refractivity contribution in [1.82, 2.24) is 9.38 Å². The topological polar surface area (TPSA) is 78.4 Å². The van der Waals surface area contributed by atoms with E-state index >= 15 is 0 Å². The summed E-state index contributed by atoms with van der Waals surface area (Å²) in [6.07, 6.45) is 2.50. The molecule has 104 valence electrons. The van der Waals surface area contributed by atoms with Crippen LogP contribution in [0.25, 0.3) is 16.2 Å². The number of imidazole rings is 1. The molecular weight excluding hydrogens is 286 g/mol. The Kier molecular flexibility index (Phi) is 3.42. The van der Waals surface area contributed by atoms with Gasteiger partial charge in [0.25, 0.3) is 0 Å². The fraction of sp³-hybridized carbons (Fsp3) is 0.133. The van der Waals surface area contributed by atoms with Crippen LogP contribution in [-0.4, -0.2) is 20.5 Å². The van der Waals surface area contributed by atoms with Gasteiger partial charge in [-0.1, -0.05) is 12.1 Å². The van der Waals surface area contributed by atoms with Gasteiger partial charge in [-0.05, 0) is 18.6 Å².